The molecule has 2 saturated heterocycles. The van der Waals surface area contributed by atoms with E-state index in [0.717, 1.165) is 25.0 Å². The second-order valence-corrected chi connectivity index (χ2v) is 7.55. The van der Waals surface area contributed by atoms with E-state index in [1.165, 1.54) is 0 Å². The van der Waals surface area contributed by atoms with E-state index in [1.807, 2.05) is 27.0 Å². The lowest BCUT2D eigenvalue weighted by atomic mass is 9.86. The van der Waals surface area contributed by atoms with Crippen molar-refractivity contribution in [2.24, 2.45) is 11.8 Å². The number of rotatable bonds is 9. The fourth-order valence-corrected chi connectivity index (χ4v) is 3.66. The molecule has 5 unspecified atom stereocenters. The summed E-state index contributed by atoms with van der Waals surface area (Å²) in [7, 11) is 1.84. The molecule has 6 heteroatoms. The lowest BCUT2D eigenvalue weighted by molar-refractivity contribution is -0.165. The molecule has 2 heterocycles. The summed E-state index contributed by atoms with van der Waals surface area (Å²) in [6, 6.07) is 0. The summed E-state index contributed by atoms with van der Waals surface area (Å²) >= 11 is 0. The predicted octanol–water partition coefficient (Wildman–Crippen LogP) is 1.19. The minimum atomic E-state index is -0.859. The smallest absolute Gasteiger partial charge is 0.107 e. The quantitative estimate of drug-likeness (QED) is 0.463. The molecule has 4 N–H and O–H groups in total. The van der Waals surface area contributed by atoms with Gasteiger partial charge in [-0.15, -0.1) is 0 Å². The first-order valence-electron chi connectivity index (χ1n) is 9.53. The Morgan fingerprint density at radius 2 is 1.92 bits per heavy atom. The van der Waals surface area contributed by atoms with Crippen LogP contribution in [-0.2, 0) is 9.47 Å². The molecule has 146 valence electrons. The van der Waals surface area contributed by atoms with Crippen molar-refractivity contribution < 1.29 is 24.8 Å². The van der Waals surface area contributed by atoms with Crippen molar-refractivity contribution in [2.45, 2.75) is 83.1 Å². The minimum Gasteiger partial charge on any atom is -0.393 e. The lowest BCUT2D eigenvalue weighted by Gasteiger charge is -2.38. The van der Waals surface area contributed by atoms with Crippen LogP contribution in [0.5, 0.6) is 0 Å². The first-order chi connectivity index (χ1) is 11.9. The number of ether oxygens (including phenoxy) is 2. The topological polar surface area (TPSA) is 94.5 Å². The Balaban J connectivity index is 1.71. The fraction of sp³-hybridized carbons (Fsp3) is 0.895. The largest absolute Gasteiger partial charge is 0.393 e. The van der Waals surface area contributed by atoms with Crippen LogP contribution in [0, 0.1) is 11.8 Å². The molecule has 2 fully saturated rings. The van der Waals surface area contributed by atoms with E-state index in [-0.39, 0.29) is 36.3 Å². The van der Waals surface area contributed by atoms with Gasteiger partial charge in [-0.1, -0.05) is 19.4 Å². The van der Waals surface area contributed by atoms with Gasteiger partial charge in [0.15, 0.2) is 0 Å². The van der Waals surface area contributed by atoms with Crippen LogP contribution >= 0.6 is 0 Å². The predicted molar refractivity (Wildman–Crippen MR) is 96.0 cm³/mol. The summed E-state index contributed by atoms with van der Waals surface area (Å²) < 4.78 is 11.5. The van der Waals surface area contributed by atoms with Gasteiger partial charge in [0.2, 0.25) is 0 Å². The number of hydrogen-bond donors (Lipinski definition) is 4. The molecule has 0 radical (unpaired) electrons. The number of epoxide rings is 1. The van der Waals surface area contributed by atoms with E-state index in [9.17, 15) is 15.3 Å². The average Bonchev–Trinajstić information content (AvgIpc) is 3.36. The third-order valence-electron chi connectivity index (χ3n) is 5.79. The summed E-state index contributed by atoms with van der Waals surface area (Å²) in [5.41, 5.74) is 0.999. The zero-order chi connectivity index (χ0) is 18.6. The maximum atomic E-state index is 10.4. The van der Waals surface area contributed by atoms with Gasteiger partial charge in [0, 0.05) is 31.0 Å². The van der Waals surface area contributed by atoms with Crippen molar-refractivity contribution in [1.82, 2.24) is 5.32 Å². The molecule has 6 nitrogen and oxygen atoms in total. The molecule has 0 aromatic heterocycles. The van der Waals surface area contributed by atoms with Gasteiger partial charge in [-0.05, 0) is 26.7 Å². The van der Waals surface area contributed by atoms with Crippen LogP contribution in [0.4, 0.5) is 0 Å². The molecule has 0 aromatic rings. The third kappa shape index (κ3) is 5.41. The highest BCUT2D eigenvalue weighted by Crippen LogP contribution is 2.36. The number of aliphatic hydroxyl groups excluding tert-OH is 3. The molecule has 0 aromatic carbocycles. The second kappa shape index (κ2) is 9.33. The second-order valence-electron chi connectivity index (χ2n) is 7.55. The first kappa shape index (κ1) is 20.6. The van der Waals surface area contributed by atoms with E-state index >= 15 is 0 Å². The third-order valence-corrected chi connectivity index (χ3v) is 5.79. The highest BCUT2D eigenvalue weighted by Gasteiger charge is 2.44. The van der Waals surface area contributed by atoms with E-state index in [1.54, 1.807) is 6.92 Å². The molecule has 2 aliphatic rings. The Morgan fingerprint density at radius 3 is 2.52 bits per heavy atom. The van der Waals surface area contributed by atoms with Crippen LogP contribution in [0.25, 0.3) is 0 Å². The van der Waals surface area contributed by atoms with Gasteiger partial charge >= 0.3 is 0 Å². The molecular formula is C19H35NO5. The zero-order valence-corrected chi connectivity index (χ0v) is 15.9. The number of aliphatic hydroxyl groups is 3. The Labute approximate surface area is 151 Å². The van der Waals surface area contributed by atoms with Gasteiger partial charge in [-0.3, -0.25) is 0 Å². The minimum absolute atomic E-state index is 0.0405. The highest BCUT2D eigenvalue weighted by atomic mass is 16.6. The zero-order valence-electron chi connectivity index (χ0n) is 15.9. The summed E-state index contributed by atoms with van der Waals surface area (Å²) in [6.07, 6.45) is 3.23. The number of hydrogen-bond acceptors (Lipinski definition) is 6. The van der Waals surface area contributed by atoms with Crippen LogP contribution < -0.4 is 5.32 Å². The van der Waals surface area contributed by atoms with Crippen molar-refractivity contribution in [3.63, 3.8) is 0 Å². The van der Waals surface area contributed by atoms with E-state index < -0.39 is 12.2 Å². The first-order valence-corrected chi connectivity index (χ1v) is 9.53. The van der Waals surface area contributed by atoms with Crippen molar-refractivity contribution in [2.75, 3.05) is 13.7 Å². The molecular weight excluding hydrogens is 322 g/mol. The average molecular weight is 357 g/mol. The number of nitrogens with one attached hydrogen (secondary N) is 1. The van der Waals surface area contributed by atoms with Gasteiger partial charge in [-0.2, -0.15) is 0 Å². The van der Waals surface area contributed by atoms with E-state index in [4.69, 9.17) is 9.47 Å². The maximum Gasteiger partial charge on any atom is 0.107 e. The summed E-state index contributed by atoms with van der Waals surface area (Å²) in [5, 5.41) is 33.5. The normalized spacial score (nSPS) is 38.3. The van der Waals surface area contributed by atoms with Crippen molar-refractivity contribution in [3.05, 3.63) is 11.8 Å². The Bertz CT molecular complexity index is 442. The molecule has 0 bridgehead atoms. The van der Waals surface area contributed by atoms with Gasteiger partial charge < -0.3 is 30.1 Å². The molecule has 2 aliphatic heterocycles. The van der Waals surface area contributed by atoms with Crippen molar-refractivity contribution in [3.8, 4) is 0 Å². The molecule has 0 spiro atoms. The van der Waals surface area contributed by atoms with Crippen molar-refractivity contribution in [1.29, 1.82) is 0 Å². The van der Waals surface area contributed by atoms with Gasteiger partial charge in [0.25, 0.3) is 0 Å². The van der Waals surface area contributed by atoms with Crippen molar-refractivity contribution >= 4 is 0 Å². The summed E-state index contributed by atoms with van der Waals surface area (Å²) in [6.45, 7) is 6.22. The molecule has 2 rings (SSSR count). The Kier molecular flexibility index (Phi) is 7.70. The summed E-state index contributed by atoms with van der Waals surface area (Å²) in [4.78, 5) is 0. The molecule has 8 atom stereocenters. The monoisotopic (exact) mass is 357 g/mol. The van der Waals surface area contributed by atoms with Crippen LogP contribution in [0.15, 0.2) is 11.8 Å². The molecule has 0 aliphatic carbocycles. The van der Waals surface area contributed by atoms with Crippen LogP contribution in [0.2, 0.25) is 0 Å². The standard InChI is InChI=1S/C19H35NO5/c1-5-14(20-4)9-16-18(23)17(22)13(10-24-16)7-6-8-15-19(25-15)11(2)12(3)21/h5,11-13,15-23H,6-10H2,1-4H3/b14-5-/t11-,12?,13-,15?,16-,17?,18?,19?/m0/s1. The van der Waals surface area contributed by atoms with Gasteiger partial charge in [-0.25, -0.2) is 0 Å². The van der Waals surface area contributed by atoms with Gasteiger partial charge in [0.1, 0.15) is 6.10 Å². The maximum absolute atomic E-state index is 10.4. The molecule has 0 amide bonds. The van der Waals surface area contributed by atoms with E-state index in [0.29, 0.717) is 13.0 Å². The van der Waals surface area contributed by atoms with Crippen LogP contribution in [0.1, 0.15) is 46.5 Å². The number of allylic oxidation sites excluding steroid dienone is 1. The Morgan fingerprint density at radius 1 is 1.20 bits per heavy atom. The Hall–Kier alpha value is -0.660. The summed E-state index contributed by atoms with van der Waals surface area (Å²) in [5.74, 6) is 0.116. The van der Waals surface area contributed by atoms with Crippen LogP contribution in [-0.4, -0.2) is 65.6 Å². The highest BCUT2D eigenvalue weighted by molar-refractivity contribution is 5.02. The van der Waals surface area contributed by atoms with E-state index in [2.05, 4.69) is 5.32 Å². The molecule has 25 heavy (non-hydrogen) atoms. The molecule has 0 saturated carbocycles. The lowest BCUT2D eigenvalue weighted by Crippen LogP contribution is -2.50. The SMILES string of the molecule is C/C=C(/C[C@@H]1OC[C@H](CCCC2OC2[C@@H](C)C(C)O)C(O)C1O)NC. The fourth-order valence-electron chi connectivity index (χ4n) is 3.66. The van der Waals surface area contributed by atoms with Crippen LogP contribution in [0.3, 0.4) is 0 Å². The van der Waals surface area contributed by atoms with Gasteiger partial charge in [0.05, 0.1) is 37.1 Å².